The average Bonchev–Trinajstić information content (AvgIpc) is 2.41. The van der Waals surface area contributed by atoms with Crippen LogP contribution < -0.4 is 15.8 Å². The van der Waals surface area contributed by atoms with E-state index in [1.165, 1.54) is 19.2 Å². The number of aromatic nitrogens is 2. The third-order valence-electron chi connectivity index (χ3n) is 4.01. The van der Waals surface area contributed by atoms with Crippen molar-refractivity contribution in [1.82, 2.24) is 9.97 Å². The Kier molecular flexibility index (Phi) is 4.81. The fourth-order valence-electron chi connectivity index (χ4n) is 2.68. The Morgan fingerprint density at radius 3 is 2.70 bits per heavy atom. The topological polar surface area (TPSA) is 73.1 Å². The van der Waals surface area contributed by atoms with Crippen LogP contribution in [0, 0.1) is 5.92 Å². The third-order valence-corrected chi connectivity index (χ3v) is 4.01. The van der Waals surface area contributed by atoms with Gasteiger partial charge >= 0.3 is 0 Å². The molecule has 1 aromatic rings. The lowest BCUT2D eigenvalue weighted by molar-refractivity contribution is 0.232. The Hall–Kier alpha value is -1.36. The monoisotopic (exact) mass is 278 g/mol. The number of anilines is 1. The van der Waals surface area contributed by atoms with Gasteiger partial charge in [0.15, 0.2) is 0 Å². The second-order valence-corrected chi connectivity index (χ2v) is 6.20. The van der Waals surface area contributed by atoms with Gasteiger partial charge in [0.1, 0.15) is 12.1 Å². The molecule has 1 aromatic heterocycles. The van der Waals surface area contributed by atoms with Gasteiger partial charge in [-0.05, 0) is 45.4 Å². The third kappa shape index (κ3) is 3.82. The highest BCUT2D eigenvalue weighted by Gasteiger charge is 2.33. The van der Waals surface area contributed by atoms with Crippen molar-refractivity contribution in [2.75, 3.05) is 11.9 Å². The summed E-state index contributed by atoms with van der Waals surface area (Å²) in [5.74, 6) is 2.20. The highest BCUT2D eigenvalue weighted by molar-refractivity contribution is 5.40. The van der Waals surface area contributed by atoms with E-state index in [9.17, 15) is 0 Å². The number of nitrogens with zero attached hydrogens (tertiary/aromatic N) is 2. The van der Waals surface area contributed by atoms with E-state index in [-0.39, 0.29) is 11.6 Å². The molecule has 0 unspecified atom stereocenters. The van der Waals surface area contributed by atoms with E-state index in [0.29, 0.717) is 12.4 Å². The van der Waals surface area contributed by atoms with E-state index in [2.05, 4.69) is 22.2 Å². The predicted octanol–water partition coefficient (Wildman–Crippen LogP) is 2.58. The summed E-state index contributed by atoms with van der Waals surface area (Å²) in [6.07, 6.45) is 6.26. The maximum atomic E-state index is 6.01. The summed E-state index contributed by atoms with van der Waals surface area (Å²) >= 11 is 0. The van der Waals surface area contributed by atoms with Gasteiger partial charge in [-0.25, -0.2) is 9.97 Å². The second kappa shape index (κ2) is 6.39. The molecule has 1 aliphatic carbocycles. The van der Waals surface area contributed by atoms with Crippen LogP contribution in [0.4, 0.5) is 5.82 Å². The van der Waals surface area contributed by atoms with E-state index < -0.39 is 0 Å². The average molecular weight is 278 g/mol. The minimum absolute atomic E-state index is 0.0318. The summed E-state index contributed by atoms with van der Waals surface area (Å²) in [5, 5.41) is 3.52. The smallest absolute Gasteiger partial charge is 0.218 e. The summed E-state index contributed by atoms with van der Waals surface area (Å²) in [5.41, 5.74) is 5.98. The highest BCUT2D eigenvalue weighted by atomic mass is 16.5. The van der Waals surface area contributed by atoms with Crippen LogP contribution in [0.25, 0.3) is 0 Å². The van der Waals surface area contributed by atoms with E-state index >= 15 is 0 Å². The van der Waals surface area contributed by atoms with Crippen LogP contribution in [0.3, 0.4) is 0 Å². The van der Waals surface area contributed by atoms with Crippen molar-refractivity contribution < 1.29 is 4.74 Å². The molecule has 3 N–H and O–H groups in total. The molecule has 0 aliphatic heterocycles. The largest absolute Gasteiger partial charge is 0.475 e. The van der Waals surface area contributed by atoms with Crippen molar-refractivity contribution in [3.63, 3.8) is 0 Å². The van der Waals surface area contributed by atoms with E-state index in [1.54, 1.807) is 0 Å². The normalized spacial score (nSPS) is 26.6. The van der Waals surface area contributed by atoms with E-state index in [1.807, 2.05) is 19.9 Å². The Labute approximate surface area is 121 Å². The number of nitrogens with one attached hydrogen (secondary N) is 1. The van der Waals surface area contributed by atoms with E-state index in [4.69, 9.17) is 10.5 Å². The molecule has 0 aromatic carbocycles. The first-order valence-electron chi connectivity index (χ1n) is 7.50. The molecule has 112 valence electrons. The molecule has 2 rings (SSSR count). The van der Waals surface area contributed by atoms with Gasteiger partial charge in [0.2, 0.25) is 5.88 Å². The van der Waals surface area contributed by atoms with Gasteiger partial charge in [0.25, 0.3) is 0 Å². The van der Waals surface area contributed by atoms with Crippen LogP contribution in [-0.4, -0.2) is 28.2 Å². The van der Waals surface area contributed by atoms with Crippen LogP contribution in [0.1, 0.15) is 46.5 Å². The Morgan fingerprint density at radius 1 is 1.40 bits per heavy atom. The maximum Gasteiger partial charge on any atom is 0.218 e. The quantitative estimate of drug-likeness (QED) is 0.866. The second-order valence-electron chi connectivity index (χ2n) is 6.20. The lowest BCUT2D eigenvalue weighted by Gasteiger charge is -2.39. The minimum atomic E-state index is -0.0318. The summed E-state index contributed by atoms with van der Waals surface area (Å²) in [4.78, 5) is 8.42. The van der Waals surface area contributed by atoms with Crippen LogP contribution in [-0.2, 0) is 0 Å². The number of hydrogen-bond donors (Lipinski definition) is 2. The number of hydrogen-bond acceptors (Lipinski definition) is 5. The Balaban J connectivity index is 2.07. The van der Waals surface area contributed by atoms with Crippen LogP contribution in [0.2, 0.25) is 0 Å². The molecule has 20 heavy (non-hydrogen) atoms. The van der Waals surface area contributed by atoms with Crippen LogP contribution in [0.5, 0.6) is 5.88 Å². The molecule has 1 aliphatic rings. The first kappa shape index (κ1) is 15.0. The zero-order valence-electron chi connectivity index (χ0n) is 12.7. The van der Waals surface area contributed by atoms with Crippen molar-refractivity contribution >= 4 is 5.82 Å². The molecule has 1 heterocycles. The van der Waals surface area contributed by atoms with Crippen LogP contribution >= 0.6 is 0 Å². The molecule has 5 nitrogen and oxygen atoms in total. The summed E-state index contributed by atoms with van der Waals surface area (Å²) in [6, 6.07) is 1.86. The molecular weight excluding hydrogens is 252 g/mol. The zero-order chi connectivity index (χ0) is 14.6. The molecule has 0 spiro atoms. The van der Waals surface area contributed by atoms with Gasteiger partial charge in [-0.2, -0.15) is 0 Å². The molecule has 5 heteroatoms. The zero-order valence-corrected chi connectivity index (χ0v) is 12.7. The first-order valence-corrected chi connectivity index (χ1v) is 7.50. The molecule has 0 radical (unpaired) electrons. The molecule has 0 saturated heterocycles. The van der Waals surface area contributed by atoms with Crippen LogP contribution in [0.15, 0.2) is 12.4 Å². The molecule has 0 bridgehead atoms. The minimum Gasteiger partial charge on any atom is -0.475 e. The lowest BCUT2D eigenvalue weighted by Crippen LogP contribution is -2.48. The van der Waals surface area contributed by atoms with Gasteiger partial charge in [0.05, 0.1) is 11.6 Å². The summed E-state index contributed by atoms with van der Waals surface area (Å²) in [7, 11) is 0. The predicted molar refractivity (Wildman–Crippen MR) is 80.8 cm³/mol. The fourth-order valence-corrected chi connectivity index (χ4v) is 2.68. The van der Waals surface area contributed by atoms with Crippen molar-refractivity contribution in [3.8, 4) is 5.88 Å². The maximum absolute atomic E-state index is 6.01. The SMILES string of the molecule is CC1CCC(CN)(Nc2cc(OC(C)C)ncn2)CC1. The van der Waals surface area contributed by atoms with Crippen molar-refractivity contribution in [2.45, 2.75) is 58.1 Å². The number of rotatable bonds is 5. The lowest BCUT2D eigenvalue weighted by atomic mass is 9.77. The van der Waals surface area contributed by atoms with Crippen molar-refractivity contribution in [3.05, 3.63) is 12.4 Å². The molecule has 0 atom stereocenters. The Morgan fingerprint density at radius 2 is 2.10 bits per heavy atom. The van der Waals surface area contributed by atoms with Crippen molar-refractivity contribution in [1.29, 1.82) is 0 Å². The Bertz CT molecular complexity index is 428. The van der Waals surface area contributed by atoms with Gasteiger partial charge < -0.3 is 15.8 Å². The van der Waals surface area contributed by atoms with Gasteiger partial charge in [-0.1, -0.05) is 6.92 Å². The highest BCUT2D eigenvalue weighted by Crippen LogP contribution is 2.33. The standard InChI is InChI=1S/C15H26N4O/c1-11(2)20-14-8-13(17-10-18-14)19-15(9-16)6-4-12(3)5-7-15/h8,10-12H,4-7,9,16H2,1-3H3,(H,17,18,19). The van der Waals surface area contributed by atoms with E-state index in [0.717, 1.165) is 24.6 Å². The van der Waals surface area contributed by atoms with Gasteiger partial charge in [0, 0.05) is 12.6 Å². The number of ether oxygens (including phenoxy) is 1. The van der Waals surface area contributed by atoms with Gasteiger partial charge in [-0.3, -0.25) is 0 Å². The number of nitrogens with two attached hydrogens (primary N) is 1. The van der Waals surface area contributed by atoms with Crippen molar-refractivity contribution in [2.24, 2.45) is 11.7 Å². The molecule has 1 saturated carbocycles. The fraction of sp³-hybridized carbons (Fsp3) is 0.733. The summed E-state index contributed by atoms with van der Waals surface area (Å²) in [6.45, 7) is 6.90. The molecule has 1 fully saturated rings. The molecule has 0 amide bonds. The first-order chi connectivity index (χ1) is 9.53. The van der Waals surface area contributed by atoms with Gasteiger partial charge in [-0.15, -0.1) is 0 Å². The summed E-state index contributed by atoms with van der Waals surface area (Å²) < 4.78 is 5.61. The molecular formula is C15H26N4O.